The lowest BCUT2D eigenvalue weighted by atomic mass is 9.85. The molecule has 8 heteroatoms. The molecule has 4 unspecified atom stereocenters. The lowest BCUT2D eigenvalue weighted by Gasteiger charge is -2.18. The summed E-state index contributed by atoms with van der Waals surface area (Å²) in [5, 5.41) is 6.42. The van der Waals surface area contributed by atoms with Gasteiger partial charge in [0.05, 0.1) is 18.9 Å². The zero-order valence-corrected chi connectivity index (χ0v) is 17.4. The van der Waals surface area contributed by atoms with Crippen molar-refractivity contribution in [2.75, 3.05) is 33.8 Å². The molecule has 3 aliphatic rings. The summed E-state index contributed by atoms with van der Waals surface area (Å²) in [5.41, 5.74) is 0. The molecule has 1 heterocycles. The van der Waals surface area contributed by atoms with Gasteiger partial charge in [-0.3, -0.25) is 24.3 Å². The number of hydrogen-bond donors (Lipinski definition) is 2. The van der Waals surface area contributed by atoms with Crippen molar-refractivity contribution in [3.63, 3.8) is 0 Å². The zero-order chi connectivity index (χ0) is 20.8. The fraction of sp³-hybridized carbons (Fsp3) is 0.714. The highest BCUT2D eigenvalue weighted by Gasteiger charge is 2.58. The average molecular weight is 405 g/mol. The lowest BCUT2D eigenvalue weighted by Crippen LogP contribution is -2.43. The maximum atomic E-state index is 12.7. The molecule has 2 aliphatic carbocycles. The number of carbonyl (C=O) groups is 3. The fourth-order valence-corrected chi connectivity index (χ4v) is 4.75. The molecule has 0 aromatic heterocycles. The van der Waals surface area contributed by atoms with Crippen molar-refractivity contribution < 1.29 is 19.1 Å². The number of ether oxygens (including phenoxy) is 1. The van der Waals surface area contributed by atoms with Crippen LogP contribution in [-0.4, -0.2) is 62.4 Å². The van der Waals surface area contributed by atoms with Gasteiger partial charge in [-0.25, -0.2) is 0 Å². The van der Waals surface area contributed by atoms with E-state index in [1.807, 2.05) is 0 Å². The number of fused-ring (bicyclic) bond motifs is 5. The van der Waals surface area contributed by atoms with Crippen LogP contribution in [0.4, 0.5) is 0 Å². The van der Waals surface area contributed by atoms with Gasteiger partial charge in [-0.15, -0.1) is 0 Å². The smallest absolute Gasteiger partial charge is 0.305 e. The van der Waals surface area contributed by atoms with E-state index in [2.05, 4.69) is 32.5 Å². The Labute approximate surface area is 172 Å². The van der Waals surface area contributed by atoms with Gasteiger partial charge < -0.3 is 15.4 Å². The van der Waals surface area contributed by atoms with Crippen LogP contribution in [0, 0.1) is 23.7 Å². The van der Waals surface area contributed by atoms with Crippen LogP contribution in [0.5, 0.6) is 0 Å². The first kappa shape index (κ1) is 21.3. The van der Waals surface area contributed by atoms with Gasteiger partial charge in [0.1, 0.15) is 0 Å². The van der Waals surface area contributed by atoms with Crippen molar-refractivity contribution in [3.05, 3.63) is 12.2 Å². The van der Waals surface area contributed by atoms with Crippen LogP contribution in [0.2, 0.25) is 0 Å². The van der Waals surface area contributed by atoms with Gasteiger partial charge in [-0.2, -0.15) is 0 Å². The number of unbranched alkanes of at least 4 members (excludes halogenated alkanes) is 3. The van der Waals surface area contributed by atoms with Crippen molar-refractivity contribution in [2.45, 2.75) is 38.5 Å². The average Bonchev–Trinajstić information content (AvgIpc) is 3.40. The number of nitrogens with one attached hydrogen (secondary N) is 2. The van der Waals surface area contributed by atoms with Crippen LogP contribution in [0.1, 0.15) is 38.5 Å². The van der Waals surface area contributed by atoms with E-state index in [1.54, 1.807) is 7.05 Å². The van der Waals surface area contributed by atoms with Crippen LogP contribution in [0.25, 0.3) is 0 Å². The number of allylic oxidation sites excluding steroid dienone is 2. The number of hydrogen-bond acceptors (Lipinski definition) is 5. The molecule has 3 rings (SSSR count). The number of imide groups is 1. The summed E-state index contributed by atoms with van der Waals surface area (Å²) >= 11 is 0. The Bertz CT molecular complexity index is 660. The lowest BCUT2D eigenvalue weighted by molar-refractivity contribution is -0.141. The van der Waals surface area contributed by atoms with E-state index in [4.69, 9.17) is 0 Å². The van der Waals surface area contributed by atoms with Gasteiger partial charge in [0.2, 0.25) is 11.8 Å². The van der Waals surface area contributed by atoms with Crippen molar-refractivity contribution in [1.82, 2.24) is 15.5 Å². The van der Waals surface area contributed by atoms with E-state index < -0.39 is 0 Å². The van der Waals surface area contributed by atoms with Crippen molar-refractivity contribution in [1.29, 1.82) is 0 Å². The van der Waals surface area contributed by atoms with Gasteiger partial charge >= 0.3 is 5.97 Å². The standard InChI is InChI=1S/C21H32N4O4/c1-22-21(23-10-6-4-3-5-7-16(26)29-2)24-11-12-25-19(27)17-14-8-9-15(13-14)18(17)20(25)28/h8-9,14-15,17-18H,3-7,10-13H2,1-2H3,(H2,22,23,24). The van der Waals surface area contributed by atoms with E-state index >= 15 is 0 Å². The van der Waals surface area contributed by atoms with Gasteiger partial charge in [0.15, 0.2) is 5.96 Å². The first-order valence-corrected chi connectivity index (χ1v) is 10.6. The molecule has 4 atom stereocenters. The summed E-state index contributed by atoms with van der Waals surface area (Å²) in [5.74, 6) is 0.740. The van der Waals surface area contributed by atoms with Crippen molar-refractivity contribution in [3.8, 4) is 0 Å². The molecule has 2 amide bonds. The number of amides is 2. The molecule has 29 heavy (non-hydrogen) atoms. The minimum absolute atomic E-state index is 0.00597. The highest BCUT2D eigenvalue weighted by atomic mass is 16.5. The Morgan fingerprint density at radius 2 is 1.69 bits per heavy atom. The Morgan fingerprint density at radius 1 is 1.07 bits per heavy atom. The second kappa shape index (κ2) is 9.89. The molecule has 2 fully saturated rings. The molecule has 0 aromatic rings. The van der Waals surface area contributed by atoms with Gasteiger partial charge in [-0.1, -0.05) is 25.0 Å². The minimum atomic E-state index is -0.157. The highest BCUT2D eigenvalue weighted by Crippen LogP contribution is 2.52. The molecular weight excluding hydrogens is 372 g/mol. The molecule has 0 radical (unpaired) electrons. The van der Waals surface area contributed by atoms with Gasteiger partial charge in [-0.05, 0) is 31.1 Å². The third-order valence-corrected chi connectivity index (χ3v) is 6.24. The maximum absolute atomic E-state index is 12.7. The van der Waals surface area contributed by atoms with E-state index in [0.29, 0.717) is 25.5 Å². The number of guanidine groups is 1. The van der Waals surface area contributed by atoms with Crippen molar-refractivity contribution in [2.24, 2.45) is 28.7 Å². The summed E-state index contributed by atoms with van der Waals surface area (Å²) in [6, 6.07) is 0. The molecular formula is C21H32N4O4. The molecule has 0 spiro atoms. The number of carbonyl (C=O) groups excluding carboxylic acids is 3. The van der Waals surface area contributed by atoms with Crippen LogP contribution < -0.4 is 10.6 Å². The molecule has 0 aromatic carbocycles. The highest BCUT2D eigenvalue weighted by molar-refractivity contribution is 6.06. The van der Waals surface area contributed by atoms with Crippen LogP contribution in [-0.2, 0) is 19.1 Å². The Kier molecular flexibility index (Phi) is 7.28. The fourth-order valence-electron chi connectivity index (χ4n) is 4.75. The summed E-state index contributed by atoms with van der Waals surface area (Å²) in [4.78, 5) is 42.0. The van der Waals surface area contributed by atoms with Gasteiger partial charge in [0, 0.05) is 33.1 Å². The van der Waals surface area contributed by atoms with E-state index in [-0.39, 0.29) is 41.5 Å². The number of likely N-dealkylation sites (tertiary alicyclic amines) is 1. The molecule has 8 nitrogen and oxygen atoms in total. The quantitative estimate of drug-likeness (QED) is 0.141. The normalized spacial score (nSPS) is 27.5. The number of aliphatic imine (C=N–C) groups is 1. The first-order valence-electron chi connectivity index (χ1n) is 10.6. The first-order chi connectivity index (χ1) is 14.1. The summed E-state index contributed by atoms with van der Waals surface area (Å²) < 4.78 is 4.62. The Morgan fingerprint density at radius 3 is 2.31 bits per heavy atom. The number of nitrogens with zero attached hydrogens (tertiary/aromatic N) is 2. The minimum Gasteiger partial charge on any atom is -0.469 e. The van der Waals surface area contributed by atoms with Crippen LogP contribution >= 0.6 is 0 Å². The molecule has 160 valence electrons. The number of rotatable bonds is 10. The van der Waals surface area contributed by atoms with E-state index in [9.17, 15) is 14.4 Å². The predicted octanol–water partition coefficient (Wildman–Crippen LogP) is 1.08. The van der Waals surface area contributed by atoms with E-state index in [0.717, 1.165) is 38.6 Å². The Hall–Kier alpha value is -2.38. The Balaban J connectivity index is 1.30. The summed E-state index contributed by atoms with van der Waals surface area (Å²) in [6.07, 6.45) is 9.48. The van der Waals surface area contributed by atoms with Crippen molar-refractivity contribution >= 4 is 23.7 Å². The third kappa shape index (κ3) is 4.79. The van der Waals surface area contributed by atoms with Crippen LogP contribution in [0.15, 0.2) is 17.1 Å². The summed E-state index contributed by atoms with van der Waals surface area (Å²) in [7, 11) is 3.11. The predicted molar refractivity (Wildman–Crippen MR) is 109 cm³/mol. The SMILES string of the molecule is CN=C(NCCCCCCC(=O)OC)NCCN1C(=O)C2C3C=CC(C3)C2C1=O. The van der Waals surface area contributed by atoms with Gasteiger partial charge in [0.25, 0.3) is 0 Å². The third-order valence-electron chi connectivity index (χ3n) is 6.24. The molecule has 2 N–H and O–H groups in total. The number of methoxy groups -OCH3 is 1. The van der Waals surface area contributed by atoms with Crippen LogP contribution in [0.3, 0.4) is 0 Å². The second-order valence-corrected chi connectivity index (χ2v) is 7.99. The zero-order valence-electron chi connectivity index (χ0n) is 17.4. The summed E-state index contributed by atoms with van der Waals surface area (Å²) in [6.45, 7) is 1.63. The maximum Gasteiger partial charge on any atom is 0.305 e. The second-order valence-electron chi connectivity index (χ2n) is 7.99. The molecule has 1 saturated heterocycles. The largest absolute Gasteiger partial charge is 0.469 e. The number of esters is 1. The topological polar surface area (TPSA) is 100 Å². The monoisotopic (exact) mass is 404 g/mol. The van der Waals surface area contributed by atoms with E-state index in [1.165, 1.54) is 12.0 Å². The molecule has 1 saturated carbocycles. The molecule has 2 bridgehead atoms. The molecule has 1 aliphatic heterocycles.